The minimum Gasteiger partial charge on any atom is -0.444 e. The van der Waals surface area contributed by atoms with Gasteiger partial charge < -0.3 is 15.4 Å². The van der Waals surface area contributed by atoms with Crippen molar-refractivity contribution in [3.8, 4) is 0 Å². The molecule has 1 rings (SSSR count). The number of nitrogens with zero attached hydrogens (tertiary/aromatic N) is 1. The Morgan fingerprint density at radius 1 is 1.32 bits per heavy atom. The molecule has 0 bridgehead atoms. The Balaban J connectivity index is 2.50. The number of carbonyl (C=O) groups is 1. The number of nitrogens with one attached hydrogen (secondary N) is 2. The number of carbonyl (C=O) groups excluding carboxylic acids is 1. The number of aromatic nitrogens is 1. The lowest BCUT2D eigenvalue weighted by Gasteiger charge is -2.25. The Labute approximate surface area is 133 Å². The third-order valence-electron chi connectivity index (χ3n) is 3.22. The summed E-state index contributed by atoms with van der Waals surface area (Å²) >= 11 is 0. The molecule has 124 valence electrons. The number of alkyl carbamates (subject to hydrolysis) is 1. The largest absolute Gasteiger partial charge is 0.444 e. The average Bonchev–Trinajstić information content (AvgIpc) is 2.44. The Hall–Kier alpha value is -1.62. The second kappa shape index (κ2) is 8.73. The molecular weight excluding hydrogens is 278 g/mol. The van der Waals surface area contributed by atoms with Gasteiger partial charge in [0, 0.05) is 31.0 Å². The summed E-state index contributed by atoms with van der Waals surface area (Å²) in [5.74, 6) is 0. The van der Waals surface area contributed by atoms with Crippen LogP contribution < -0.4 is 10.6 Å². The van der Waals surface area contributed by atoms with Gasteiger partial charge in [-0.15, -0.1) is 0 Å². The van der Waals surface area contributed by atoms with E-state index in [2.05, 4.69) is 29.5 Å². The van der Waals surface area contributed by atoms with E-state index in [1.165, 1.54) is 5.56 Å². The van der Waals surface area contributed by atoms with Crippen molar-refractivity contribution in [3.05, 3.63) is 30.1 Å². The van der Waals surface area contributed by atoms with Crippen molar-refractivity contribution in [2.45, 2.75) is 65.1 Å². The molecule has 0 radical (unpaired) electrons. The van der Waals surface area contributed by atoms with Gasteiger partial charge in [-0.25, -0.2) is 4.79 Å². The van der Waals surface area contributed by atoms with Gasteiger partial charge in [-0.3, -0.25) is 4.98 Å². The van der Waals surface area contributed by atoms with E-state index in [0.29, 0.717) is 6.54 Å². The summed E-state index contributed by atoms with van der Waals surface area (Å²) < 4.78 is 5.27. The van der Waals surface area contributed by atoms with E-state index in [0.717, 1.165) is 12.8 Å². The first-order valence-corrected chi connectivity index (χ1v) is 7.94. The number of pyridine rings is 1. The molecule has 1 aromatic heterocycles. The van der Waals surface area contributed by atoms with Crippen LogP contribution in [-0.4, -0.2) is 29.3 Å². The van der Waals surface area contributed by atoms with Gasteiger partial charge in [0.15, 0.2) is 0 Å². The Morgan fingerprint density at radius 3 is 2.50 bits per heavy atom. The zero-order valence-electron chi connectivity index (χ0n) is 14.3. The summed E-state index contributed by atoms with van der Waals surface area (Å²) in [6.07, 6.45) is 5.26. The fourth-order valence-electron chi connectivity index (χ4n) is 2.22. The van der Waals surface area contributed by atoms with Gasteiger partial charge in [0.25, 0.3) is 0 Å². The van der Waals surface area contributed by atoms with Gasteiger partial charge in [0.05, 0.1) is 0 Å². The molecule has 2 atom stereocenters. The first-order valence-electron chi connectivity index (χ1n) is 7.94. The minimum atomic E-state index is -0.470. The number of hydrogen-bond acceptors (Lipinski definition) is 4. The third kappa shape index (κ3) is 7.41. The summed E-state index contributed by atoms with van der Waals surface area (Å²) in [4.78, 5) is 15.8. The van der Waals surface area contributed by atoms with Gasteiger partial charge in [0.2, 0.25) is 0 Å². The van der Waals surface area contributed by atoms with E-state index in [1.54, 1.807) is 12.4 Å². The molecule has 0 aliphatic rings. The predicted octanol–water partition coefficient (Wildman–Crippen LogP) is 3.43. The van der Waals surface area contributed by atoms with E-state index in [4.69, 9.17) is 4.74 Å². The summed E-state index contributed by atoms with van der Waals surface area (Å²) in [7, 11) is 0. The van der Waals surface area contributed by atoms with E-state index in [-0.39, 0.29) is 18.2 Å². The molecule has 1 heterocycles. The van der Waals surface area contributed by atoms with E-state index >= 15 is 0 Å². The highest BCUT2D eigenvalue weighted by Crippen LogP contribution is 2.13. The molecule has 0 saturated heterocycles. The zero-order chi connectivity index (χ0) is 16.6. The van der Waals surface area contributed by atoms with Crippen molar-refractivity contribution in [2.24, 2.45) is 0 Å². The van der Waals surface area contributed by atoms with Crippen molar-refractivity contribution >= 4 is 6.09 Å². The van der Waals surface area contributed by atoms with Crippen LogP contribution in [0, 0.1) is 0 Å². The van der Waals surface area contributed by atoms with Gasteiger partial charge in [-0.05, 0) is 51.8 Å². The standard InChI is InChI=1S/C17H29N3O2/c1-6-7-15(12-19-16(21)22-17(3,4)5)20-13(2)14-8-10-18-11-9-14/h8-11,13,15,20H,6-7,12H2,1-5H3,(H,19,21). The highest BCUT2D eigenvalue weighted by molar-refractivity contribution is 5.67. The van der Waals surface area contributed by atoms with Crippen molar-refractivity contribution in [1.29, 1.82) is 0 Å². The molecule has 2 N–H and O–H groups in total. The van der Waals surface area contributed by atoms with E-state index in [1.807, 2.05) is 32.9 Å². The molecular formula is C17H29N3O2. The van der Waals surface area contributed by atoms with Gasteiger partial charge in [-0.2, -0.15) is 0 Å². The lowest BCUT2D eigenvalue weighted by atomic mass is 10.1. The number of amides is 1. The summed E-state index contributed by atoms with van der Waals surface area (Å²) in [5.41, 5.74) is 0.718. The third-order valence-corrected chi connectivity index (χ3v) is 3.22. The quantitative estimate of drug-likeness (QED) is 0.810. The van der Waals surface area contributed by atoms with Crippen molar-refractivity contribution in [1.82, 2.24) is 15.6 Å². The molecule has 0 aromatic carbocycles. The maximum Gasteiger partial charge on any atom is 0.407 e. The maximum absolute atomic E-state index is 11.8. The van der Waals surface area contributed by atoms with Crippen molar-refractivity contribution in [3.63, 3.8) is 0 Å². The van der Waals surface area contributed by atoms with Gasteiger partial charge in [-0.1, -0.05) is 13.3 Å². The summed E-state index contributed by atoms with van der Waals surface area (Å²) in [5, 5.41) is 6.40. The van der Waals surface area contributed by atoms with Crippen molar-refractivity contribution < 1.29 is 9.53 Å². The van der Waals surface area contributed by atoms with Crippen LogP contribution in [-0.2, 0) is 4.74 Å². The molecule has 0 fully saturated rings. The van der Waals surface area contributed by atoms with Crippen LogP contribution in [0.3, 0.4) is 0 Å². The fraction of sp³-hybridized carbons (Fsp3) is 0.647. The SMILES string of the molecule is CCCC(CNC(=O)OC(C)(C)C)NC(C)c1ccncc1. The minimum absolute atomic E-state index is 0.208. The molecule has 5 nitrogen and oxygen atoms in total. The second-order valence-corrected chi connectivity index (χ2v) is 6.54. The van der Waals surface area contributed by atoms with E-state index in [9.17, 15) is 4.79 Å². The first-order chi connectivity index (χ1) is 10.3. The van der Waals surface area contributed by atoms with Gasteiger partial charge in [0.1, 0.15) is 5.60 Å². The monoisotopic (exact) mass is 307 g/mol. The van der Waals surface area contributed by atoms with Gasteiger partial charge >= 0.3 is 6.09 Å². The molecule has 0 aliphatic heterocycles. The van der Waals surface area contributed by atoms with Crippen LogP contribution in [0.5, 0.6) is 0 Å². The average molecular weight is 307 g/mol. The molecule has 5 heteroatoms. The predicted molar refractivity (Wildman–Crippen MR) is 88.7 cm³/mol. The number of ether oxygens (including phenoxy) is 1. The van der Waals surface area contributed by atoms with Crippen molar-refractivity contribution in [2.75, 3.05) is 6.54 Å². The Kier molecular flexibility index (Phi) is 7.32. The Morgan fingerprint density at radius 2 is 1.95 bits per heavy atom. The molecule has 1 aromatic rings. The van der Waals surface area contributed by atoms with E-state index < -0.39 is 5.60 Å². The van der Waals surface area contributed by atoms with Crippen LogP contribution in [0.2, 0.25) is 0 Å². The molecule has 0 aliphatic carbocycles. The van der Waals surface area contributed by atoms with Crippen LogP contribution in [0.25, 0.3) is 0 Å². The first kappa shape index (κ1) is 18.4. The maximum atomic E-state index is 11.8. The number of rotatable bonds is 7. The lowest BCUT2D eigenvalue weighted by molar-refractivity contribution is 0.0521. The molecule has 22 heavy (non-hydrogen) atoms. The Bertz CT molecular complexity index is 443. The second-order valence-electron chi connectivity index (χ2n) is 6.54. The van der Waals surface area contributed by atoms with Crippen LogP contribution in [0.1, 0.15) is 59.1 Å². The summed E-state index contributed by atoms with van der Waals surface area (Å²) in [6.45, 7) is 10.4. The summed E-state index contributed by atoms with van der Waals surface area (Å²) in [6, 6.07) is 4.42. The van der Waals surface area contributed by atoms with Crippen LogP contribution in [0.15, 0.2) is 24.5 Å². The lowest BCUT2D eigenvalue weighted by Crippen LogP contribution is -2.43. The topological polar surface area (TPSA) is 63.2 Å². The molecule has 0 saturated carbocycles. The smallest absolute Gasteiger partial charge is 0.407 e. The zero-order valence-corrected chi connectivity index (χ0v) is 14.3. The molecule has 2 unspecified atom stereocenters. The number of hydrogen-bond donors (Lipinski definition) is 2. The molecule has 0 spiro atoms. The fourth-order valence-corrected chi connectivity index (χ4v) is 2.22. The molecule has 1 amide bonds. The highest BCUT2D eigenvalue weighted by Gasteiger charge is 2.18. The highest BCUT2D eigenvalue weighted by atomic mass is 16.6. The normalized spacial score (nSPS) is 14.2. The van der Waals surface area contributed by atoms with Crippen LogP contribution >= 0.6 is 0 Å². The van der Waals surface area contributed by atoms with Crippen LogP contribution in [0.4, 0.5) is 4.79 Å².